The Kier molecular flexibility index (Phi) is 7.18. The van der Waals surface area contributed by atoms with Gasteiger partial charge in [0, 0.05) is 38.4 Å². The number of hydrogen-bond acceptors (Lipinski definition) is 4. The fourth-order valence-corrected chi connectivity index (χ4v) is 1.82. The highest BCUT2D eigenvalue weighted by Crippen LogP contribution is 2.07. The summed E-state index contributed by atoms with van der Waals surface area (Å²) < 4.78 is 0. The van der Waals surface area contributed by atoms with Crippen molar-refractivity contribution in [3.63, 3.8) is 0 Å². The van der Waals surface area contributed by atoms with Gasteiger partial charge in [-0.15, -0.1) is 0 Å². The summed E-state index contributed by atoms with van der Waals surface area (Å²) in [4.78, 5) is 20.2. The second-order valence-electron chi connectivity index (χ2n) is 5.37. The molecule has 0 radical (unpaired) electrons. The van der Waals surface area contributed by atoms with Crippen LogP contribution >= 0.6 is 0 Å². The van der Waals surface area contributed by atoms with Gasteiger partial charge in [-0.1, -0.05) is 6.07 Å². The van der Waals surface area contributed by atoms with Gasteiger partial charge in [0.2, 0.25) is 5.91 Å². The molecule has 0 bridgehead atoms. The number of aliphatic hydroxyl groups is 1. The van der Waals surface area contributed by atoms with Gasteiger partial charge in [-0.3, -0.25) is 9.78 Å². The summed E-state index contributed by atoms with van der Waals surface area (Å²) in [6, 6.07) is 3.84. The van der Waals surface area contributed by atoms with Gasteiger partial charge in [0.15, 0.2) is 0 Å². The zero-order valence-electron chi connectivity index (χ0n) is 12.6. The number of nitrogens with zero attached hydrogens (tertiary/aromatic N) is 3. The van der Waals surface area contributed by atoms with Gasteiger partial charge in [-0.2, -0.15) is 0 Å². The van der Waals surface area contributed by atoms with Crippen LogP contribution in [0, 0.1) is 0 Å². The lowest BCUT2D eigenvalue weighted by Gasteiger charge is -2.24. The second-order valence-corrected chi connectivity index (χ2v) is 5.37. The first-order valence-electron chi connectivity index (χ1n) is 6.98. The van der Waals surface area contributed by atoms with Crippen LogP contribution < -0.4 is 0 Å². The zero-order chi connectivity index (χ0) is 15.0. The van der Waals surface area contributed by atoms with E-state index in [4.69, 9.17) is 0 Å². The highest BCUT2D eigenvalue weighted by Gasteiger charge is 2.15. The molecular formula is C15H25N3O2. The molecule has 0 aliphatic heterocycles. The summed E-state index contributed by atoms with van der Waals surface area (Å²) >= 11 is 0. The molecule has 0 aromatic carbocycles. The Morgan fingerprint density at radius 1 is 1.40 bits per heavy atom. The maximum atomic E-state index is 12.2. The number of pyridine rings is 1. The molecule has 1 amide bonds. The first kappa shape index (κ1) is 16.6. The molecule has 0 fully saturated rings. The van der Waals surface area contributed by atoms with E-state index >= 15 is 0 Å². The highest BCUT2D eigenvalue weighted by molar-refractivity contribution is 5.76. The van der Waals surface area contributed by atoms with E-state index in [0.29, 0.717) is 25.9 Å². The second kappa shape index (κ2) is 8.66. The van der Waals surface area contributed by atoms with E-state index in [1.54, 1.807) is 19.3 Å². The molecule has 1 rings (SSSR count). The first-order chi connectivity index (χ1) is 9.49. The van der Waals surface area contributed by atoms with Crippen LogP contribution in [0.25, 0.3) is 0 Å². The number of likely N-dealkylation sites (N-methyl/N-ethyl adjacent to an activating group) is 1. The fourth-order valence-electron chi connectivity index (χ4n) is 1.82. The molecule has 1 atom stereocenters. The van der Waals surface area contributed by atoms with Gasteiger partial charge in [-0.25, -0.2) is 0 Å². The molecule has 0 saturated carbocycles. The van der Waals surface area contributed by atoms with Crippen LogP contribution in [-0.2, 0) is 11.3 Å². The Bertz CT molecular complexity index is 393. The van der Waals surface area contributed by atoms with Crippen molar-refractivity contribution in [3.05, 3.63) is 30.1 Å². The average Bonchev–Trinajstić information content (AvgIpc) is 2.41. The van der Waals surface area contributed by atoms with Gasteiger partial charge in [-0.05, 0) is 39.1 Å². The normalized spacial score (nSPS) is 12.4. The van der Waals surface area contributed by atoms with Crippen LogP contribution in [0.5, 0.6) is 0 Å². The van der Waals surface area contributed by atoms with Crippen molar-refractivity contribution < 1.29 is 9.90 Å². The smallest absolute Gasteiger partial charge is 0.223 e. The van der Waals surface area contributed by atoms with E-state index in [9.17, 15) is 9.90 Å². The molecule has 1 N–H and O–H groups in total. The lowest BCUT2D eigenvalue weighted by atomic mass is 10.2. The standard InChI is InChI=1S/C15H25N3O2/c1-13(19)6-7-15(20)18(10-9-17(2)3)12-14-5-4-8-16-11-14/h4-5,8,11,13,19H,6-7,9-10,12H2,1-3H3. The van der Waals surface area contributed by atoms with Gasteiger partial charge in [0.1, 0.15) is 0 Å². The number of amides is 1. The maximum absolute atomic E-state index is 12.2. The minimum absolute atomic E-state index is 0.0802. The Morgan fingerprint density at radius 2 is 2.15 bits per heavy atom. The Morgan fingerprint density at radius 3 is 2.70 bits per heavy atom. The highest BCUT2D eigenvalue weighted by atomic mass is 16.3. The third kappa shape index (κ3) is 6.63. The van der Waals surface area contributed by atoms with E-state index in [0.717, 1.165) is 12.1 Å². The number of aliphatic hydroxyl groups excluding tert-OH is 1. The molecule has 0 aliphatic carbocycles. The number of aromatic nitrogens is 1. The summed E-state index contributed by atoms with van der Waals surface area (Å²) in [6.07, 6.45) is 3.96. The van der Waals surface area contributed by atoms with Crippen molar-refractivity contribution in [2.24, 2.45) is 0 Å². The third-order valence-electron chi connectivity index (χ3n) is 3.04. The van der Waals surface area contributed by atoms with E-state index in [1.807, 2.05) is 31.1 Å². The summed E-state index contributed by atoms with van der Waals surface area (Å²) in [7, 11) is 3.98. The topological polar surface area (TPSA) is 56.7 Å². The molecule has 0 saturated heterocycles. The quantitative estimate of drug-likeness (QED) is 0.775. The SMILES string of the molecule is CC(O)CCC(=O)N(CCN(C)C)Cc1cccnc1. The number of rotatable bonds is 8. The first-order valence-corrected chi connectivity index (χ1v) is 6.98. The number of hydrogen-bond donors (Lipinski definition) is 1. The summed E-state index contributed by atoms with van der Waals surface area (Å²) in [5.74, 6) is 0.0802. The van der Waals surface area contributed by atoms with Crippen LogP contribution in [0.1, 0.15) is 25.3 Å². The summed E-state index contributed by atoms with van der Waals surface area (Å²) in [6.45, 7) is 3.78. The number of carbonyl (C=O) groups is 1. The minimum atomic E-state index is -0.437. The van der Waals surface area contributed by atoms with Crippen molar-refractivity contribution in [1.29, 1.82) is 0 Å². The molecule has 1 aromatic heterocycles. The van der Waals surface area contributed by atoms with Crippen molar-refractivity contribution >= 4 is 5.91 Å². The molecule has 1 aromatic rings. The zero-order valence-corrected chi connectivity index (χ0v) is 12.6. The van der Waals surface area contributed by atoms with Crippen LogP contribution in [0.4, 0.5) is 0 Å². The molecule has 112 valence electrons. The predicted octanol–water partition coefficient (Wildman–Crippen LogP) is 1.13. The van der Waals surface area contributed by atoms with E-state index in [1.165, 1.54) is 0 Å². The third-order valence-corrected chi connectivity index (χ3v) is 3.04. The van der Waals surface area contributed by atoms with Crippen molar-refractivity contribution in [2.45, 2.75) is 32.4 Å². The van der Waals surface area contributed by atoms with Gasteiger partial charge >= 0.3 is 0 Å². The van der Waals surface area contributed by atoms with Crippen LogP contribution in [0.2, 0.25) is 0 Å². The summed E-state index contributed by atoms with van der Waals surface area (Å²) in [5, 5.41) is 9.30. The molecule has 0 aliphatic rings. The van der Waals surface area contributed by atoms with Crippen molar-refractivity contribution in [1.82, 2.24) is 14.8 Å². The Hall–Kier alpha value is -1.46. The van der Waals surface area contributed by atoms with Gasteiger partial charge < -0.3 is 14.9 Å². The molecule has 1 heterocycles. The molecule has 0 spiro atoms. The molecule has 1 unspecified atom stereocenters. The average molecular weight is 279 g/mol. The largest absolute Gasteiger partial charge is 0.393 e. The monoisotopic (exact) mass is 279 g/mol. The predicted molar refractivity (Wildman–Crippen MR) is 79.1 cm³/mol. The van der Waals surface area contributed by atoms with Crippen LogP contribution in [0.3, 0.4) is 0 Å². The van der Waals surface area contributed by atoms with Crippen LogP contribution in [0.15, 0.2) is 24.5 Å². The van der Waals surface area contributed by atoms with E-state index in [-0.39, 0.29) is 5.91 Å². The fraction of sp³-hybridized carbons (Fsp3) is 0.600. The van der Waals surface area contributed by atoms with Gasteiger partial charge in [0.05, 0.1) is 6.10 Å². The Balaban J connectivity index is 2.61. The molecular weight excluding hydrogens is 254 g/mol. The maximum Gasteiger partial charge on any atom is 0.223 e. The van der Waals surface area contributed by atoms with E-state index < -0.39 is 6.10 Å². The molecule has 20 heavy (non-hydrogen) atoms. The van der Waals surface area contributed by atoms with Crippen molar-refractivity contribution in [3.8, 4) is 0 Å². The lowest BCUT2D eigenvalue weighted by molar-refractivity contribution is -0.132. The summed E-state index contributed by atoms with van der Waals surface area (Å²) in [5.41, 5.74) is 1.02. The number of carbonyl (C=O) groups excluding carboxylic acids is 1. The Labute approximate surface area is 121 Å². The molecule has 5 heteroatoms. The lowest BCUT2D eigenvalue weighted by Crippen LogP contribution is -2.36. The van der Waals surface area contributed by atoms with E-state index in [2.05, 4.69) is 9.88 Å². The molecule has 5 nitrogen and oxygen atoms in total. The van der Waals surface area contributed by atoms with Crippen molar-refractivity contribution in [2.75, 3.05) is 27.2 Å². The minimum Gasteiger partial charge on any atom is -0.393 e. The van der Waals surface area contributed by atoms with Gasteiger partial charge in [0.25, 0.3) is 0 Å². The van der Waals surface area contributed by atoms with Crippen LogP contribution in [-0.4, -0.2) is 59.1 Å².